The molecule has 0 heterocycles. The number of phenolic OH excluding ortho intramolecular Hbond substituents is 2. The minimum atomic E-state index is -0.865. The zero-order valence-corrected chi connectivity index (χ0v) is 10.9. The van der Waals surface area contributed by atoms with Crippen molar-refractivity contribution in [3.8, 4) is 11.5 Å². The van der Waals surface area contributed by atoms with Crippen molar-refractivity contribution in [2.45, 2.75) is 33.6 Å². The second-order valence-electron chi connectivity index (χ2n) is 4.82. The van der Waals surface area contributed by atoms with Gasteiger partial charge in [0.25, 0.3) is 0 Å². The van der Waals surface area contributed by atoms with Crippen LogP contribution in [0.15, 0.2) is 6.07 Å². The van der Waals surface area contributed by atoms with Crippen molar-refractivity contribution in [3.63, 3.8) is 0 Å². The molecule has 0 saturated carbocycles. The molecule has 0 saturated heterocycles. The summed E-state index contributed by atoms with van der Waals surface area (Å²) in [6.07, 6.45) is 0. The van der Waals surface area contributed by atoms with Crippen molar-refractivity contribution in [1.82, 2.24) is 0 Å². The van der Waals surface area contributed by atoms with E-state index < -0.39 is 11.6 Å². The number of hydrogen-bond acceptors (Lipinski definition) is 3. The van der Waals surface area contributed by atoms with E-state index >= 15 is 0 Å². The van der Waals surface area contributed by atoms with Gasteiger partial charge in [-0.25, -0.2) is 4.39 Å². The third-order valence-corrected chi connectivity index (χ3v) is 2.62. The van der Waals surface area contributed by atoms with Crippen LogP contribution in [0.25, 0.3) is 0 Å². The van der Waals surface area contributed by atoms with Crippen molar-refractivity contribution >= 4 is 11.6 Å². The zero-order valence-electron chi connectivity index (χ0n) is 10.9. The number of carbonyl (C=O) groups excluding carboxylic acids is 1. The minimum absolute atomic E-state index is 0.0206. The van der Waals surface area contributed by atoms with Gasteiger partial charge >= 0.3 is 0 Å². The fourth-order valence-electron chi connectivity index (χ4n) is 1.57. The van der Waals surface area contributed by atoms with Crippen LogP contribution >= 0.6 is 0 Å². The number of phenols is 2. The average Bonchev–Trinajstić information content (AvgIpc) is 2.25. The highest BCUT2D eigenvalue weighted by molar-refractivity contribution is 5.94. The van der Waals surface area contributed by atoms with E-state index in [1.165, 1.54) is 0 Å². The number of benzene rings is 1. The van der Waals surface area contributed by atoms with Gasteiger partial charge in [-0.1, -0.05) is 27.7 Å². The van der Waals surface area contributed by atoms with Crippen LogP contribution in [0.3, 0.4) is 0 Å². The Morgan fingerprint density at radius 1 is 1.22 bits per heavy atom. The highest BCUT2D eigenvalue weighted by Crippen LogP contribution is 2.41. The second kappa shape index (κ2) is 5.25. The van der Waals surface area contributed by atoms with Crippen LogP contribution in [0, 0.1) is 11.7 Å². The van der Waals surface area contributed by atoms with Gasteiger partial charge in [-0.15, -0.1) is 0 Å². The van der Waals surface area contributed by atoms with Gasteiger partial charge in [-0.3, -0.25) is 4.79 Å². The highest BCUT2D eigenvalue weighted by Gasteiger charge is 2.21. The lowest BCUT2D eigenvalue weighted by atomic mass is 9.99. The van der Waals surface area contributed by atoms with Crippen molar-refractivity contribution in [2.75, 3.05) is 5.32 Å². The second-order valence-corrected chi connectivity index (χ2v) is 4.82. The van der Waals surface area contributed by atoms with Crippen LogP contribution in [0.5, 0.6) is 11.5 Å². The number of carbonyl (C=O) groups is 1. The molecule has 100 valence electrons. The predicted octanol–water partition coefficient (Wildman–Crippen LogP) is 2.95. The van der Waals surface area contributed by atoms with Crippen LogP contribution in [-0.4, -0.2) is 16.1 Å². The van der Waals surface area contributed by atoms with Crippen LogP contribution < -0.4 is 5.32 Å². The van der Waals surface area contributed by atoms with Crippen LogP contribution in [0.2, 0.25) is 0 Å². The van der Waals surface area contributed by atoms with Crippen molar-refractivity contribution in [3.05, 3.63) is 17.4 Å². The molecule has 0 unspecified atom stereocenters. The van der Waals surface area contributed by atoms with E-state index in [0.29, 0.717) is 0 Å². The van der Waals surface area contributed by atoms with E-state index in [1.54, 1.807) is 27.7 Å². The summed E-state index contributed by atoms with van der Waals surface area (Å²) in [5.74, 6) is -2.62. The lowest BCUT2D eigenvalue weighted by Crippen LogP contribution is -2.18. The molecule has 0 spiro atoms. The Morgan fingerprint density at radius 2 is 1.78 bits per heavy atom. The molecule has 1 aromatic carbocycles. The van der Waals surface area contributed by atoms with E-state index in [9.17, 15) is 19.4 Å². The van der Waals surface area contributed by atoms with Crippen molar-refractivity contribution in [1.29, 1.82) is 0 Å². The molecule has 0 fully saturated rings. The van der Waals surface area contributed by atoms with E-state index in [2.05, 4.69) is 5.32 Å². The van der Waals surface area contributed by atoms with Gasteiger partial charge in [-0.2, -0.15) is 0 Å². The Labute approximate surface area is 105 Å². The van der Waals surface area contributed by atoms with E-state index in [4.69, 9.17) is 0 Å². The molecule has 4 nitrogen and oxygen atoms in total. The summed E-state index contributed by atoms with van der Waals surface area (Å²) in [6.45, 7) is 6.80. The molecule has 3 N–H and O–H groups in total. The molecular formula is C13H18FNO3. The molecule has 0 aromatic heterocycles. The molecule has 0 aliphatic rings. The SMILES string of the molecule is CC(C)C(=O)Nc1cc(F)c(O)c(C(C)C)c1O. The number of rotatable bonds is 3. The Kier molecular flexibility index (Phi) is 4.16. The predicted molar refractivity (Wildman–Crippen MR) is 67.3 cm³/mol. The Morgan fingerprint density at radius 3 is 2.22 bits per heavy atom. The summed E-state index contributed by atoms with van der Waals surface area (Å²) in [5, 5.41) is 22.0. The van der Waals surface area contributed by atoms with E-state index in [0.717, 1.165) is 6.07 Å². The van der Waals surface area contributed by atoms with Crippen LogP contribution in [0.4, 0.5) is 10.1 Å². The largest absolute Gasteiger partial charge is 0.505 e. The Balaban J connectivity index is 3.26. The number of amides is 1. The fourth-order valence-corrected chi connectivity index (χ4v) is 1.57. The third kappa shape index (κ3) is 2.72. The molecule has 1 aromatic rings. The normalized spacial score (nSPS) is 11.1. The van der Waals surface area contributed by atoms with Crippen LogP contribution in [-0.2, 0) is 4.79 Å². The van der Waals surface area contributed by atoms with Crippen molar-refractivity contribution < 1.29 is 19.4 Å². The maximum atomic E-state index is 13.5. The first-order valence-corrected chi connectivity index (χ1v) is 5.80. The number of nitrogens with one attached hydrogen (secondary N) is 1. The van der Waals surface area contributed by atoms with Gasteiger partial charge in [-0.05, 0) is 5.92 Å². The summed E-state index contributed by atoms with van der Waals surface area (Å²) in [5.41, 5.74) is 0.0711. The maximum Gasteiger partial charge on any atom is 0.227 e. The summed E-state index contributed by atoms with van der Waals surface area (Å²) in [7, 11) is 0. The fraction of sp³-hybridized carbons (Fsp3) is 0.462. The van der Waals surface area contributed by atoms with Gasteiger partial charge in [0.2, 0.25) is 5.91 Å². The molecule has 0 bridgehead atoms. The highest BCUT2D eigenvalue weighted by atomic mass is 19.1. The first kappa shape index (κ1) is 14.3. The lowest BCUT2D eigenvalue weighted by Gasteiger charge is -2.16. The third-order valence-electron chi connectivity index (χ3n) is 2.62. The summed E-state index contributed by atoms with van der Waals surface area (Å²) in [6, 6.07) is 0.914. The summed E-state index contributed by atoms with van der Waals surface area (Å²) < 4.78 is 13.5. The molecule has 18 heavy (non-hydrogen) atoms. The number of halogens is 1. The van der Waals surface area contributed by atoms with Gasteiger partial charge < -0.3 is 15.5 Å². The van der Waals surface area contributed by atoms with Crippen LogP contribution in [0.1, 0.15) is 39.2 Å². The summed E-state index contributed by atoms with van der Waals surface area (Å²) in [4.78, 5) is 11.5. The molecule has 0 radical (unpaired) electrons. The summed E-state index contributed by atoms with van der Waals surface area (Å²) >= 11 is 0. The first-order chi connectivity index (χ1) is 8.25. The molecule has 0 atom stereocenters. The zero-order chi connectivity index (χ0) is 14.0. The molecule has 0 aliphatic heterocycles. The van der Waals surface area contributed by atoms with Crippen molar-refractivity contribution in [2.24, 2.45) is 5.92 Å². The van der Waals surface area contributed by atoms with Gasteiger partial charge in [0, 0.05) is 17.5 Å². The van der Waals surface area contributed by atoms with Gasteiger partial charge in [0.15, 0.2) is 11.6 Å². The lowest BCUT2D eigenvalue weighted by molar-refractivity contribution is -0.118. The van der Waals surface area contributed by atoms with Gasteiger partial charge in [0.1, 0.15) is 5.75 Å². The molecule has 0 aliphatic carbocycles. The maximum absolute atomic E-state index is 13.5. The molecule has 1 amide bonds. The molecule has 5 heteroatoms. The topological polar surface area (TPSA) is 69.6 Å². The first-order valence-electron chi connectivity index (χ1n) is 5.80. The smallest absolute Gasteiger partial charge is 0.227 e. The number of hydrogen-bond donors (Lipinski definition) is 3. The quantitative estimate of drug-likeness (QED) is 0.574. The van der Waals surface area contributed by atoms with E-state index in [-0.39, 0.29) is 34.7 Å². The van der Waals surface area contributed by atoms with Gasteiger partial charge in [0.05, 0.1) is 5.69 Å². The standard InChI is InChI=1S/C13H18FNO3/c1-6(2)10-11(16)8(14)5-9(12(10)17)15-13(18)7(3)4/h5-7,16-17H,1-4H3,(H,15,18). The number of anilines is 1. The molecule has 1 rings (SSSR count). The Bertz CT molecular complexity index is 470. The minimum Gasteiger partial charge on any atom is -0.505 e. The monoisotopic (exact) mass is 255 g/mol. The average molecular weight is 255 g/mol. The molecular weight excluding hydrogens is 237 g/mol. The Hall–Kier alpha value is -1.78. The number of aromatic hydroxyl groups is 2. The van der Waals surface area contributed by atoms with E-state index in [1.807, 2.05) is 0 Å².